The molecule has 4 N–H and O–H groups in total. The fourth-order valence-corrected chi connectivity index (χ4v) is 3.13. The van der Waals surface area contributed by atoms with Gasteiger partial charge < -0.3 is 20.9 Å². The molecule has 0 aromatic heterocycles. The van der Waals surface area contributed by atoms with E-state index in [0.717, 1.165) is 49.3 Å². The zero-order chi connectivity index (χ0) is 15.2. The van der Waals surface area contributed by atoms with Crippen LogP contribution in [0, 0.1) is 0 Å². The van der Waals surface area contributed by atoms with Gasteiger partial charge in [-0.2, -0.15) is 0 Å². The van der Waals surface area contributed by atoms with Crippen molar-refractivity contribution >= 4 is 27.5 Å². The van der Waals surface area contributed by atoms with Gasteiger partial charge >= 0.3 is 0 Å². The molecule has 1 aliphatic rings. The van der Waals surface area contributed by atoms with Crippen molar-refractivity contribution in [2.24, 2.45) is 10.9 Å². The first-order valence-corrected chi connectivity index (χ1v) is 7.80. The smallest absolute Gasteiger partial charge is 0.171 e. The third kappa shape index (κ3) is 4.09. The molecule has 0 saturated carbocycles. The first kappa shape index (κ1) is 16.1. The molecular formula is C14H21BrN4O2. The molecule has 1 heterocycles. The van der Waals surface area contributed by atoms with Crippen molar-refractivity contribution < 1.29 is 10.3 Å². The molecule has 116 valence electrons. The van der Waals surface area contributed by atoms with E-state index in [9.17, 15) is 0 Å². The fraction of sp³-hybridized carbons (Fsp3) is 0.500. The van der Waals surface area contributed by atoms with Gasteiger partial charge in [0.1, 0.15) is 0 Å². The van der Waals surface area contributed by atoms with Crippen molar-refractivity contribution in [1.29, 1.82) is 0 Å². The average molecular weight is 357 g/mol. The molecule has 1 fully saturated rings. The van der Waals surface area contributed by atoms with E-state index >= 15 is 0 Å². The summed E-state index contributed by atoms with van der Waals surface area (Å²) in [6.45, 7) is 4.81. The van der Waals surface area contributed by atoms with Gasteiger partial charge in [-0.05, 0) is 47.1 Å². The molecule has 2 rings (SSSR count). The lowest BCUT2D eigenvalue weighted by Gasteiger charge is -2.24. The average Bonchev–Trinajstić information content (AvgIpc) is 2.72. The number of amidine groups is 1. The highest BCUT2D eigenvalue weighted by atomic mass is 79.9. The van der Waals surface area contributed by atoms with Gasteiger partial charge in [-0.25, -0.2) is 0 Å². The van der Waals surface area contributed by atoms with Gasteiger partial charge in [-0.3, -0.25) is 4.90 Å². The maximum atomic E-state index is 9.03. The Kier molecular flexibility index (Phi) is 5.84. The van der Waals surface area contributed by atoms with Gasteiger partial charge in [0.25, 0.3) is 0 Å². The summed E-state index contributed by atoms with van der Waals surface area (Å²) in [6.07, 6.45) is 1.07. The van der Waals surface area contributed by atoms with Gasteiger partial charge in [0.05, 0.1) is 6.61 Å². The minimum Gasteiger partial charge on any atom is -0.409 e. The maximum absolute atomic E-state index is 9.03. The lowest BCUT2D eigenvalue weighted by atomic mass is 10.1. The molecule has 1 saturated heterocycles. The predicted octanol–water partition coefficient (Wildman–Crippen LogP) is 1.05. The van der Waals surface area contributed by atoms with Crippen LogP contribution in [-0.4, -0.2) is 60.4 Å². The lowest BCUT2D eigenvalue weighted by molar-refractivity contribution is 0.204. The molecule has 0 aliphatic carbocycles. The van der Waals surface area contributed by atoms with Crippen molar-refractivity contribution in [3.63, 3.8) is 0 Å². The number of halogens is 1. The zero-order valence-corrected chi connectivity index (χ0v) is 13.5. The normalized spacial score (nSPS) is 17.8. The number of nitrogens with two attached hydrogens (primary N) is 1. The van der Waals surface area contributed by atoms with Crippen LogP contribution in [0.1, 0.15) is 12.0 Å². The number of aliphatic hydroxyl groups excluding tert-OH is 1. The van der Waals surface area contributed by atoms with Crippen LogP contribution < -0.4 is 10.6 Å². The van der Waals surface area contributed by atoms with Crippen LogP contribution in [0.4, 0.5) is 5.69 Å². The highest BCUT2D eigenvalue weighted by Gasteiger charge is 2.16. The number of β-amino-alcohol motifs (C(OH)–C–C–N with tert-alkyl or cyclic N) is 1. The number of hydrogen-bond donors (Lipinski definition) is 3. The van der Waals surface area contributed by atoms with Gasteiger partial charge in [0.15, 0.2) is 5.84 Å². The molecule has 6 nitrogen and oxygen atoms in total. The summed E-state index contributed by atoms with van der Waals surface area (Å²) < 4.78 is 0.812. The second-order valence-corrected chi connectivity index (χ2v) is 5.91. The second-order valence-electron chi connectivity index (χ2n) is 5.06. The summed E-state index contributed by atoms with van der Waals surface area (Å²) >= 11 is 3.47. The summed E-state index contributed by atoms with van der Waals surface area (Å²) in [5.74, 6) is 0.0958. The van der Waals surface area contributed by atoms with Gasteiger partial charge in [-0.1, -0.05) is 5.16 Å². The third-order valence-corrected chi connectivity index (χ3v) is 4.36. The molecule has 7 heteroatoms. The van der Waals surface area contributed by atoms with Crippen molar-refractivity contribution in [2.45, 2.75) is 6.42 Å². The summed E-state index contributed by atoms with van der Waals surface area (Å²) in [6, 6.07) is 5.83. The first-order valence-electron chi connectivity index (χ1n) is 7.01. The lowest BCUT2D eigenvalue weighted by Crippen LogP contribution is -2.32. The fourth-order valence-electron chi connectivity index (χ4n) is 2.56. The summed E-state index contributed by atoms with van der Waals surface area (Å²) in [7, 11) is 0. The topological polar surface area (TPSA) is 85.3 Å². The molecule has 0 unspecified atom stereocenters. The Morgan fingerprint density at radius 2 is 2.10 bits per heavy atom. The Balaban J connectivity index is 2.10. The van der Waals surface area contributed by atoms with E-state index in [1.54, 1.807) is 0 Å². The SMILES string of the molecule is N/C(=N/O)c1ccc(N2CCCN(CCO)CC2)cc1Br. The first-order chi connectivity index (χ1) is 10.2. The van der Waals surface area contributed by atoms with Crippen molar-refractivity contribution in [3.8, 4) is 0 Å². The molecule has 21 heavy (non-hydrogen) atoms. The number of benzene rings is 1. The minimum absolute atomic E-state index is 0.0958. The van der Waals surface area contributed by atoms with Crippen LogP contribution in [0.15, 0.2) is 27.8 Å². The van der Waals surface area contributed by atoms with Gasteiger partial charge in [0.2, 0.25) is 0 Å². The molecule has 0 bridgehead atoms. The monoisotopic (exact) mass is 356 g/mol. The molecule has 1 aliphatic heterocycles. The Bertz CT molecular complexity index is 510. The number of aliphatic hydroxyl groups is 1. The Hall–Kier alpha value is -1.31. The minimum atomic E-state index is 0.0958. The quantitative estimate of drug-likeness (QED) is 0.325. The number of rotatable bonds is 4. The van der Waals surface area contributed by atoms with Crippen LogP contribution in [0.5, 0.6) is 0 Å². The van der Waals surface area contributed by atoms with E-state index in [-0.39, 0.29) is 12.4 Å². The van der Waals surface area contributed by atoms with Crippen molar-refractivity contribution in [2.75, 3.05) is 44.2 Å². The molecule has 0 radical (unpaired) electrons. The largest absolute Gasteiger partial charge is 0.409 e. The van der Waals surface area contributed by atoms with Crippen molar-refractivity contribution in [3.05, 3.63) is 28.2 Å². The Labute approximate surface area is 133 Å². The number of hydrogen-bond acceptors (Lipinski definition) is 5. The van der Waals surface area contributed by atoms with Crippen LogP contribution in [-0.2, 0) is 0 Å². The van der Waals surface area contributed by atoms with E-state index in [1.807, 2.05) is 18.2 Å². The van der Waals surface area contributed by atoms with Gasteiger partial charge in [-0.15, -0.1) is 0 Å². The van der Waals surface area contributed by atoms with Crippen LogP contribution in [0.3, 0.4) is 0 Å². The summed E-state index contributed by atoms with van der Waals surface area (Å²) in [4.78, 5) is 4.60. The van der Waals surface area contributed by atoms with Crippen LogP contribution in [0.2, 0.25) is 0 Å². The molecular weight excluding hydrogens is 336 g/mol. The molecule has 0 spiro atoms. The van der Waals surface area contributed by atoms with Crippen LogP contribution in [0.25, 0.3) is 0 Å². The summed E-state index contributed by atoms with van der Waals surface area (Å²) in [5, 5.41) is 20.8. The Morgan fingerprint density at radius 3 is 2.76 bits per heavy atom. The number of anilines is 1. The standard InChI is InChI=1S/C14H21BrN4O2/c15-13-10-11(2-3-12(13)14(16)17-21)19-5-1-4-18(6-7-19)8-9-20/h2-3,10,20-21H,1,4-9H2,(H2,16,17). The number of oxime groups is 1. The van der Waals surface area contributed by atoms with Crippen LogP contribution >= 0.6 is 15.9 Å². The van der Waals surface area contributed by atoms with Crippen molar-refractivity contribution in [1.82, 2.24) is 4.90 Å². The van der Waals surface area contributed by atoms with E-state index in [2.05, 4.69) is 30.9 Å². The molecule has 1 aromatic carbocycles. The summed E-state index contributed by atoms with van der Waals surface area (Å²) in [5.41, 5.74) is 7.42. The Morgan fingerprint density at radius 1 is 1.29 bits per heavy atom. The molecule has 0 amide bonds. The van der Waals surface area contributed by atoms with E-state index in [4.69, 9.17) is 16.0 Å². The van der Waals surface area contributed by atoms with E-state index in [1.165, 1.54) is 0 Å². The second kappa shape index (κ2) is 7.63. The number of nitrogens with zero attached hydrogens (tertiary/aromatic N) is 3. The van der Waals surface area contributed by atoms with Gasteiger partial charge in [0, 0.05) is 41.9 Å². The third-order valence-electron chi connectivity index (χ3n) is 3.71. The van der Waals surface area contributed by atoms with E-state index < -0.39 is 0 Å². The predicted molar refractivity (Wildman–Crippen MR) is 87.0 cm³/mol. The molecule has 0 atom stereocenters. The molecule has 1 aromatic rings. The maximum Gasteiger partial charge on any atom is 0.171 e. The zero-order valence-electron chi connectivity index (χ0n) is 11.9. The highest BCUT2D eigenvalue weighted by Crippen LogP contribution is 2.25. The van der Waals surface area contributed by atoms with E-state index in [0.29, 0.717) is 5.56 Å². The highest BCUT2D eigenvalue weighted by molar-refractivity contribution is 9.10.